The topological polar surface area (TPSA) is 23.5 Å². The second kappa shape index (κ2) is 4.32. The molecule has 0 aliphatic carbocycles. The van der Waals surface area contributed by atoms with Gasteiger partial charge in [0.1, 0.15) is 0 Å². The Bertz CT molecular complexity index is 381. The standard InChI is InChI=1S/C13H15NO/c1-11-7-8-13(15)10-14(9-11)12-5-3-2-4-6-12/h2-9,13,15H,10H2,1H3. The number of para-hydroxylation sites is 1. The van der Waals surface area contributed by atoms with Gasteiger partial charge in [0.2, 0.25) is 0 Å². The molecule has 0 radical (unpaired) electrons. The monoisotopic (exact) mass is 201 g/mol. The van der Waals surface area contributed by atoms with Crippen molar-refractivity contribution in [2.75, 3.05) is 11.4 Å². The molecular formula is C13H15NO. The minimum Gasteiger partial charge on any atom is -0.387 e. The summed E-state index contributed by atoms with van der Waals surface area (Å²) in [5.74, 6) is 0. The average molecular weight is 201 g/mol. The molecule has 78 valence electrons. The largest absolute Gasteiger partial charge is 0.387 e. The summed E-state index contributed by atoms with van der Waals surface area (Å²) < 4.78 is 0. The predicted octanol–water partition coefficient (Wildman–Crippen LogP) is 2.33. The summed E-state index contributed by atoms with van der Waals surface area (Å²) in [5.41, 5.74) is 2.26. The van der Waals surface area contributed by atoms with Crippen molar-refractivity contribution >= 4 is 5.69 Å². The molecule has 2 heteroatoms. The quantitative estimate of drug-likeness (QED) is 0.753. The first-order valence-corrected chi connectivity index (χ1v) is 5.12. The number of benzene rings is 1. The van der Waals surface area contributed by atoms with Gasteiger partial charge in [0.15, 0.2) is 0 Å². The lowest BCUT2D eigenvalue weighted by atomic mass is 10.2. The molecule has 0 saturated heterocycles. The molecule has 0 fully saturated rings. The van der Waals surface area contributed by atoms with Gasteiger partial charge in [0.25, 0.3) is 0 Å². The number of aliphatic hydroxyl groups excluding tert-OH is 1. The Morgan fingerprint density at radius 2 is 2.00 bits per heavy atom. The summed E-state index contributed by atoms with van der Waals surface area (Å²) in [6, 6.07) is 10.1. The van der Waals surface area contributed by atoms with E-state index in [-0.39, 0.29) is 0 Å². The minimum absolute atomic E-state index is 0.404. The molecule has 0 amide bonds. The van der Waals surface area contributed by atoms with Crippen LogP contribution in [0.4, 0.5) is 5.69 Å². The Balaban J connectivity index is 2.27. The second-order valence-electron chi connectivity index (χ2n) is 3.79. The third-order valence-corrected chi connectivity index (χ3v) is 2.41. The van der Waals surface area contributed by atoms with Gasteiger partial charge in [0.05, 0.1) is 12.6 Å². The Morgan fingerprint density at radius 3 is 2.73 bits per heavy atom. The number of hydrogen-bond acceptors (Lipinski definition) is 2. The van der Waals surface area contributed by atoms with Gasteiger partial charge >= 0.3 is 0 Å². The number of rotatable bonds is 1. The summed E-state index contributed by atoms with van der Waals surface area (Å²) in [5, 5.41) is 9.68. The highest BCUT2D eigenvalue weighted by molar-refractivity contribution is 5.51. The van der Waals surface area contributed by atoms with E-state index in [1.807, 2.05) is 49.4 Å². The summed E-state index contributed by atoms with van der Waals surface area (Å²) in [7, 11) is 0. The number of hydrogen-bond donors (Lipinski definition) is 1. The molecule has 1 atom stereocenters. The van der Waals surface area contributed by atoms with Gasteiger partial charge in [-0.1, -0.05) is 30.4 Å². The van der Waals surface area contributed by atoms with Crippen molar-refractivity contribution in [1.29, 1.82) is 0 Å². The molecule has 0 bridgehead atoms. The normalized spacial score (nSPS) is 21.1. The number of anilines is 1. The zero-order valence-corrected chi connectivity index (χ0v) is 8.80. The zero-order chi connectivity index (χ0) is 10.7. The van der Waals surface area contributed by atoms with E-state index in [2.05, 4.69) is 11.1 Å². The van der Waals surface area contributed by atoms with Gasteiger partial charge in [-0.2, -0.15) is 0 Å². The van der Waals surface area contributed by atoms with Crippen molar-refractivity contribution in [1.82, 2.24) is 0 Å². The van der Waals surface area contributed by atoms with Crippen molar-refractivity contribution in [3.63, 3.8) is 0 Å². The SMILES string of the molecule is CC1=CN(c2ccccc2)CC(O)C=C1. The van der Waals surface area contributed by atoms with E-state index in [0.717, 1.165) is 11.3 Å². The molecule has 2 nitrogen and oxygen atoms in total. The molecule has 1 aliphatic rings. The Labute approximate surface area is 90.2 Å². The fraction of sp³-hybridized carbons (Fsp3) is 0.231. The Morgan fingerprint density at radius 1 is 1.27 bits per heavy atom. The van der Waals surface area contributed by atoms with Crippen molar-refractivity contribution in [3.05, 3.63) is 54.3 Å². The molecular weight excluding hydrogens is 186 g/mol. The summed E-state index contributed by atoms with van der Waals surface area (Å²) >= 11 is 0. The van der Waals surface area contributed by atoms with Gasteiger partial charge < -0.3 is 10.0 Å². The van der Waals surface area contributed by atoms with Crippen LogP contribution in [0, 0.1) is 0 Å². The minimum atomic E-state index is -0.404. The highest BCUT2D eigenvalue weighted by Gasteiger charge is 2.10. The molecule has 1 N–H and O–H groups in total. The highest BCUT2D eigenvalue weighted by Crippen LogP contribution is 2.17. The first kappa shape index (κ1) is 9.99. The van der Waals surface area contributed by atoms with Crippen LogP contribution in [0.3, 0.4) is 0 Å². The number of nitrogens with zero attached hydrogens (tertiary/aromatic N) is 1. The first-order chi connectivity index (χ1) is 7.25. The van der Waals surface area contributed by atoms with Crippen LogP contribution >= 0.6 is 0 Å². The third-order valence-electron chi connectivity index (χ3n) is 2.41. The van der Waals surface area contributed by atoms with Crippen LogP contribution in [0.5, 0.6) is 0 Å². The van der Waals surface area contributed by atoms with Crippen molar-refractivity contribution in [2.24, 2.45) is 0 Å². The molecule has 2 rings (SSSR count). The molecule has 0 aromatic heterocycles. The van der Waals surface area contributed by atoms with Crippen LogP contribution in [0.25, 0.3) is 0 Å². The molecule has 1 heterocycles. The predicted molar refractivity (Wildman–Crippen MR) is 62.7 cm³/mol. The number of aliphatic hydroxyl groups is 1. The van der Waals surface area contributed by atoms with Gasteiger partial charge in [-0.25, -0.2) is 0 Å². The van der Waals surface area contributed by atoms with Gasteiger partial charge in [-0.15, -0.1) is 0 Å². The van der Waals surface area contributed by atoms with Crippen molar-refractivity contribution in [3.8, 4) is 0 Å². The lowest BCUT2D eigenvalue weighted by Crippen LogP contribution is -2.25. The summed E-state index contributed by atoms with van der Waals surface area (Å²) in [6.45, 7) is 2.64. The van der Waals surface area contributed by atoms with E-state index in [1.165, 1.54) is 0 Å². The van der Waals surface area contributed by atoms with E-state index in [1.54, 1.807) is 0 Å². The first-order valence-electron chi connectivity index (χ1n) is 5.12. The van der Waals surface area contributed by atoms with E-state index in [4.69, 9.17) is 0 Å². The molecule has 0 saturated carbocycles. The number of β-amino-alcohol motifs (C(OH)–C–C–N with tert-alkyl or cyclic N) is 1. The maximum atomic E-state index is 9.68. The fourth-order valence-electron chi connectivity index (χ4n) is 1.67. The average Bonchev–Trinajstić information content (AvgIpc) is 2.42. The summed E-state index contributed by atoms with van der Waals surface area (Å²) in [6.07, 6.45) is 5.43. The summed E-state index contributed by atoms with van der Waals surface area (Å²) in [4.78, 5) is 2.07. The van der Waals surface area contributed by atoms with E-state index >= 15 is 0 Å². The van der Waals surface area contributed by atoms with Crippen LogP contribution in [-0.4, -0.2) is 17.8 Å². The number of allylic oxidation sites excluding steroid dienone is 2. The van der Waals surface area contributed by atoms with E-state index in [9.17, 15) is 5.11 Å². The van der Waals surface area contributed by atoms with Gasteiger partial charge in [0, 0.05) is 11.9 Å². The van der Waals surface area contributed by atoms with E-state index in [0.29, 0.717) is 6.54 Å². The van der Waals surface area contributed by atoms with Crippen LogP contribution < -0.4 is 4.90 Å². The molecule has 15 heavy (non-hydrogen) atoms. The van der Waals surface area contributed by atoms with Crippen LogP contribution in [-0.2, 0) is 0 Å². The maximum absolute atomic E-state index is 9.68. The maximum Gasteiger partial charge on any atom is 0.0903 e. The van der Waals surface area contributed by atoms with Crippen LogP contribution in [0.1, 0.15) is 6.92 Å². The van der Waals surface area contributed by atoms with Crippen molar-refractivity contribution < 1.29 is 5.11 Å². The lowest BCUT2D eigenvalue weighted by molar-refractivity contribution is 0.231. The van der Waals surface area contributed by atoms with Gasteiger partial charge in [-0.05, 0) is 24.6 Å². The second-order valence-corrected chi connectivity index (χ2v) is 3.79. The smallest absolute Gasteiger partial charge is 0.0903 e. The molecule has 0 spiro atoms. The van der Waals surface area contributed by atoms with Crippen molar-refractivity contribution in [2.45, 2.75) is 13.0 Å². The van der Waals surface area contributed by atoms with Crippen LogP contribution in [0.2, 0.25) is 0 Å². The Kier molecular flexibility index (Phi) is 2.88. The molecule has 1 aliphatic heterocycles. The van der Waals surface area contributed by atoms with Gasteiger partial charge in [-0.3, -0.25) is 0 Å². The lowest BCUT2D eigenvalue weighted by Gasteiger charge is -2.21. The van der Waals surface area contributed by atoms with E-state index < -0.39 is 6.10 Å². The Hall–Kier alpha value is -1.54. The van der Waals surface area contributed by atoms with Crippen LogP contribution in [0.15, 0.2) is 54.3 Å². The fourth-order valence-corrected chi connectivity index (χ4v) is 1.67. The zero-order valence-electron chi connectivity index (χ0n) is 8.80. The highest BCUT2D eigenvalue weighted by atomic mass is 16.3. The third kappa shape index (κ3) is 2.48. The molecule has 1 aromatic rings. The molecule has 1 unspecified atom stereocenters. The molecule has 1 aromatic carbocycles.